The fourth-order valence-corrected chi connectivity index (χ4v) is 2.66. The van der Waals surface area contributed by atoms with Crippen LogP contribution in [0.4, 0.5) is 4.79 Å². The molecule has 2 aliphatic heterocycles. The van der Waals surface area contributed by atoms with Crippen molar-refractivity contribution in [2.24, 2.45) is 5.92 Å². The van der Waals surface area contributed by atoms with E-state index in [2.05, 4.69) is 5.32 Å². The molecule has 3 amide bonds. The van der Waals surface area contributed by atoms with Gasteiger partial charge in [-0.05, 0) is 25.7 Å². The SMILES string of the molecule is O=C(O)C1CCN(C(=O)NCC(=O)N2CCCCC2)C1. The van der Waals surface area contributed by atoms with Crippen LogP contribution in [-0.4, -0.2) is 65.5 Å². The summed E-state index contributed by atoms with van der Waals surface area (Å²) in [4.78, 5) is 37.8. The van der Waals surface area contributed by atoms with Crippen molar-refractivity contribution in [1.82, 2.24) is 15.1 Å². The number of hydrogen-bond donors (Lipinski definition) is 2. The number of carbonyl (C=O) groups excluding carboxylic acids is 2. The zero-order chi connectivity index (χ0) is 14.5. The summed E-state index contributed by atoms with van der Waals surface area (Å²) >= 11 is 0. The van der Waals surface area contributed by atoms with Crippen LogP contribution in [0, 0.1) is 5.92 Å². The lowest BCUT2D eigenvalue weighted by Crippen LogP contribution is -2.46. The predicted octanol–water partition coefficient (Wildman–Crippen LogP) is 0.115. The topological polar surface area (TPSA) is 90.0 Å². The van der Waals surface area contributed by atoms with E-state index in [1.165, 1.54) is 4.90 Å². The maximum absolute atomic E-state index is 11.9. The van der Waals surface area contributed by atoms with E-state index >= 15 is 0 Å². The number of carboxylic acid groups (broad SMARTS) is 1. The molecule has 0 saturated carbocycles. The molecule has 2 N–H and O–H groups in total. The third-order valence-electron chi connectivity index (χ3n) is 3.92. The Bertz CT molecular complexity index is 393. The lowest BCUT2D eigenvalue weighted by molar-refractivity contribution is -0.141. The highest BCUT2D eigenvalue weighted by atomic mass is 16.4. The van der Waals surface area contributed by atoms with Gasteiger partial charge in [0.2, 0.25) is 5.91 Å². The van der Waals surface area contributed by atoms with E-state index in [-0.39, 0.29) is 25.0 Å². The Labute approximate surface area is 117 Å². The van der Waals surface area contributed by atoms with Crippen molar-refractivity contribution in [3.05, 3.63) is 0 Å². The van der Waals surface area contributed by atoms with Gasteiger partial charge in [-0.1, -0.05) is 0 Å². The number of amides is 3. The average molecular weight is 283 g/mol. The summed E-state index contributed by atoms with van der Waals surface area (Å²) in [6.07, 6.45) is 3.67. The fraction of sp³-hybridized carbons (Fsp3) is 0.769. The Kier molecular flexibility index (Phi) is 4.81. The summed E-state index contributed by atoms with van der Waals surface area (Å²) < 4.78 is 0. The van der Waals surface area contributed by atoms with E-state index in [1.54, 1.807) is 4.90 Å². The summed E-state index contributed by atoms with van der Waals surface area (Å²) in [7, 11) is 0. The Morgan fingerprint density at radius 2 is 1.75 bits per heavy atom. The van der Waals surface area contributed by atoms with Gasteiger partial charge in [0.25, 0.3) is 0 Å². The Hall–Kier alpha value is -1.79. The molecule has 0 bridgehead atoms. The van der Waals surface area contributed by atoms with E-state index in [9.17, 15) is 14.4 Å². The summed E-state index contributed by atoms with van der Waals surface area (Å²) in [5.41, 5.74) is 0. The largest absolute Gasteiger partial charge is 0.481 e. The number of piperidine rings is 1. The van der Waals surface area contributed by atoms with Gasteiger partial charge in [-0.3, -0.25) is 9.59 Å². The zero-order valence-electron chi connectivity index (χ0n) is 11.5. The number of nitrogens with zero attached hydrogens (tertiary/aromatic N) is 2. The molecule has 2 saturated heterocycles. The monoisotopic (exact) mass is 283 g/mol. The summed E-state index contributed by atoms with van der Waals surface area (Å²) in [6, 6.07) is -0.348. The molecule has 0 spiro atoms. The maximum Gasteiger partial charge on any atom is 0.317 e. The van der Waals surface area contributed by atoms with E-state index in [0.717, 1.165) is 32.4 Å². The van der Waals surface area contributed by atoms with E-state index in [4.69, 9.17) is 5.11 Å². The van der Waals surface area contributed by atoms with Gasteiger partial charge in [0.1, 0.15) is 0 Å². The van der Waals surface area contributed by atoms with Crippen molar-refractivity contribution in [2.45, 2.75) is 25.7 Å². The predicted molar refractivity (Wildman–Crippen MR) is 71.1 cm³/mol. The van der Waals surface area contributed by atoms with Crippen molar-refractivity contribution in [3.8, 4) is 0 Å². The lowest BCUT2D eigenvalue weighted by Gasteiger charge is -2.27. The van der Waals surface area contributed by atoms with Gasteiger partial charge in [0.05, 0.1) is 12.5 Å². The zero-order valence-corrected chi connectivity index (χ0v) is 11.5. The summed E-state index contributed by atoms with van der Waals surface area (Å²) in [5.74, 6) is -1.42. The van der Waals surface area contributed by atoms with E-state index < -0.39 is 11.9 Å². The first-order valence-corrected chi connectivity index (χ1v) is 7.11. The molecular formula is C13H21N3O4. The lowest BCUT2D eigenvalue weighted by atomic mass is 10.1. The van der Waals surface area contributed by atoms with E-state index in [1.807, 2.05) is 0 Å². The van der Waals surface area contributed by atoms with Crippen LogP contribution >= 0.6 is 0 Å². The van der Waals surface area contributed by atoms with Crippen molar-refractivity contribution in [2.75, 3.05) is 32.7 Å². The Balaban J connectivity index is 1.72. The number of nitrogens with one attached hydrogen (secondary N) is 1. The van der Waals surface area contributed by atoms with Crippen LogP contribution in [0.1, 0.15) is 25.7 Å². The second kappa shape index (κ2) is 6.58. The molecule has 2 fully saturated rings. The van der Waals surface area contributed by atoms with Crippen molar-refractivity contribution < 1.29 is 19.5 Å². The molecule has 2 rings (SSSR count). The molecule has 2 aliphatic rings. The Morgan fingerprint density at radius 3 is 2.35 bits per heavy atom. The first-order chi connectivity index (χ1) is 9.58. The minimum Gasteiger partial charge on any atom is -0.481 e. The quantitative estimate of drug-likeness (QED) is 0.769. The number of likely N-dealkylation sites (tertiary alicyclic amines) is 2. The maximum atomic E-state index is 11.9. The standard InChI is InChI=1S/C13H21N3O4/c17-11(15-5-2-1-3-6-15)8-14-13(20)16-7-4-10(9-16)12(18)19/h10H,1-9H2,(H,14,20)(H,18,19). The molecular weight excluding hydrogens is 262 g/mol. The molecule has 20 heavy (non-hydrogen) atoms. The van der Waals surface area contributed by atoms with Crippen molar-refractivity contribution >= 4 is 17.9 Å². The van der Waals surface area contributed by atoms with Crippen LogP contribution in [0.3, 0.4) is 0 Å². The van der Waals surface area contributed by atoms with Crippen LogP contribution in [0.25, 0.3) is 0 Å². The number of urea groups is 1. The average Bonchev–Trinajstić information content (AvgIpc) is 2.95. The van der Waals surface area contributed by atoms with Crippen LogP contribution in [0.15, 0.2) is 0 Å². The Morgan fingerprint density at radius 1 is 1.05 bits per heavy atom. The number of carbonyl (C=O) groups is 3. The van der Waals surface area contributed by atoms with Crippen LogP contribution in [0.2, 0.25) is 0 Å². The third-order valence-corrected chi connectivity index (χ3v) is 3.92. The molecule has 0 aromatic carbocycles. The molecule has 2 heterocycles. The van der Waals surface area contributed by atoms with Gasteiger partial charge in [0.15, 0.2) is 0 Å². The number of carboxylic acids is 1. The minimum absolute atomic E-state index is 0.00687. The highest BCUT2D eigenvalue weighted by Crippen LogP contribution is 2.16. The molecule has 0 aromatic heterocycles. The third kappa shape index (κ3) is 3.61. The van der Waals surface area contributed by atoms with Crippen molar-refractivity contribution in [3.63, 3.8) is 0 Å². The van der Waals surface area contributed by atoms with Gasteiger partial charge in [-0.2, -0.15) is 0 Å². The van der Waals surface area contributed by atoms with Crippen LogP contribution in [0.5, 0.6) is 0 Å². The van der Waals surface area contributed by atoms with Gasteiger partial charge < -0.3 is 20.2 Å². The summed E-state index contributed by atoms with van der Waals surface area (Å²) in [6.45, 7) is 2.17. The van der Waals surface area contributed by atoms with Crippen LogP contribution in [-0.2, 0) is 9.59 Å². The molecule has 0 aliphatic carbocycles. The second-order valence-corrected chi connectivity index (χ2v) is 5.37. The highest BCUT2D eigenvalue weighted by molar-refractivity contribution is 5.84. The van der Waals surface area contributed by atoms with Gasteiger partial charge in [-0.25, -0.2) is 4.79 Å². The molecule has 1 unspecified atom stereocenters. The number of rotatable bonds is 3. The van der Waals surface area contributed by atoms with Crippen LogP contribution < -0.4 is 5.32 Å². The first kappa shape index (κ1) is 14.6. The second-order valence-electron chi connectivity index (χ2n) is 5.37. The molecule has 0 aromatic rings. The fourth-order valence-electron chi connectivity index (χ4n) is 2.66. The first-order valence-electron chi connectivity index (χ1n) is 7.11. The molecule has 0 radical (unpaired) electrons. The van der Waals surface area contributed by atoms with Crippen molar-refractivity contribution in [1.29, 1.82) is 0 Å². The minimum atomic E-state index is -0.871. The van der Waals surface area contributed by atoms with Gasteiger partial charge in [-0.15, -0.1) is 0 Å². The van der Waals surface area contributed by atoms with Gasteiger partial charge >= 0.3 is 12.0 Å². The number of aliphatic carboxylic acids is 1. The molecule has 112 valence electrons. The molecule has 7 nitrogen and oxygen atoms in total. The number of hydrogen-bond acceptors (Lipinski definition) is 3. The normalized spacial score (nSPS) is 22.7. The molecule has 1 atom stereocenters. The highest BCUT2D eigenvalue weighted by Gasteiger charge is 2.31. The van der Waals surface area contributed by atoms with Gasteiger partial charge in [0, 0.05) is 26.2 Å². The summed E-state index contributed by atoms with van der Waals surface area (Å²) in [5, 5.41) is 11.5. The molecule has 7 heteroatoms. The van der Waals surface area contributed by atoms with E-state index in [0.29, 0.717) is 13.0 Å². The smallest absolute Gasteiger partial charge is 0.317 e.